The van der Waals surface area contributed by atoms with Crippen molar-refractivity contribution < 1.29 is 8.42 Å². The van der Waals surface area contributed by atoms with Crippen LogP contribution in [0.2, 0.25) is 0 Å². The van der Waals surface area contributed by atoms with Crippen molar-refractivity contribution in [1.82, 2.24) is 4.72 Å². The highest BCUT2D eigenvalue weighted by molar-refractivity contribution is 9.10. The van der Waals surface area contributed by atoms with Gasteiger partial charge in [0.15, 0.2) is 0 Å². The van der Waals surface area contributed by atoms with E-state index in [9.17, 15) is 8.42 Å². The molecule has 1 saturated carbocycles. The summed E-state index contributed by atoms with van der Waals surface area (Å²) in [5, 5.41) is 0. The van der Waals surface area contributed by atoms with E-state index in [0.29, 0.717) is 15.8 Å². The highest BCUT2D eigenvalue weighted by atomic mass is 79.9. The molecule has 1 fully saturated rings. The summed E-state index contributed by atoms with van der Waals surface area (Å²) in [6.45, 7) is 1.86. The van der Waals surface area contributed by atoms with Crippen LogP contribution in [0, 0.1) is 6.92 Å². The van der Waals surface area contributed by atoms with Gasteiger partial charge in [0, 0.05) is 16.2 Å². The summed E-state index contributed by atoms with van der Waals surface area (Å²) in [4.78, 5) is 0. The van der Waals surface area contributed by atoms with Gasteiger partial charge in [-0.1, -0.05) is 0 Å². The maximum absolute atomic E-state index is 11.7. The SMILES string of the molecule is Cc1cc(Br)c(NS(=O)(=O)NC2CC2)cc1N. The smallest absolute Gasteiger partial charge is 0.299 e. The Morgan fingerprint density at radius 1 is 1.41 bits per heavy atom. The lowest BCUT2D eigenvalue weighted by molar-refractivity contribution is 0.586. The van der Waals surface area contributed by atoms with E-state index in [1.54, 1.807) is 12.1 Å². The first-order valence-corrected chi connectivity index (χ1v) is 7.51. The maximum Gasteiger partial charge on any atom is 0.299 e. The molecule has 0 bridgehead atoms. The fourth-order valence-electron chi connectivity index (χ4n) is 1.36. The summed E-state index contributed by atoms with van der Waals surface area (Å²) in [5.41, 5.74) is 7.64. The molecule has 0 saturated heterocycles. The molecule has 94 valence electrons. The number of aryl methyl sites for hydroxylation is 1. The lowest BCUT2D eigenvalue weighted by Crippen LogP contribution is -2.31. The van der Waals surface area contributed by atoms with Crippen molar-refractivity contribution >= 4 is 37.5 Å². The van der Waals surface area contributed by atoms with Gasteiger partial charge in [0.1, 0.15) is 0 Å². The molecule has 17 heavy (non-hydrogen) atoms. The molecule has 0 heterocycles. The Kier molecular flexibility index (Phi) is 3.33. The predicted molar refractivity (Wildman–Crippen MR) is 72.0 cm³/mol. The quantitative estimate of drug-likeness (QED) is 0.739. The topological polar surface area (TPSA) is 84.2 Å². The number of rotatable bonds is 4. The van der Waals surface area contributed by atoms with Gasteiger partial charge in [-0.15, -0.1) is 0 Å². The summed E-state index contributed by atoms with van der Waals surface area (Å²) < 4.78 is 29.1. The summed E-state index contributed by atoms with van der Waals surface area (Å²) in [6, 6.07) is 3.46. The molecular weight excluding hydrogens is 306 g/mol. The number of nitrogens with two attached hydrogens (primary N) is 1. The average Bonchev–Trinajstić information content (AvgIpc) is 2.96. The van der Waals surface area contributed by atoms with Gasteiger partial charge in [-0.05, 0) is 53.4 Å². The van der Waals surface area contributed by atoms with Crippen LogP contribution in [0.15, 0.2) is 16.6 Å². The van der Waals surface area contributed by atoms with E-state index in [2.05, 4.69) is 25.4 Å². The minimum atomic E-state index is -3.51. The van der Waals surface area contributed by atoms with Crippen LogP contribution in [0.25, 0.3) is 0 Å². The molecule has 0 amide bonds. The van der Waals surface area contributed by atoms with Gasteiger partial charge in [-0.25, -0.2) is 0 Å². The Balaban J connectivity index is 2.20. The number of halogens is 1. The molecule has 0 aromatic heterocycles. The molecule has 4 N–H and O–H groups in total. The Labute approximate surface area is 109 Å². The molecule has 1 aromatic carbocycles. The van der Waals surface area contributed by atoms with Crippen LogP contribution >= 0.6 is 15.9 Å². The second-order valence-electron chi connectivity index (χ2n) is 4.19. The number of nitrogen functional groups attached to an aromatic ring is 1. The number of hydrogen-bond donors (Lipinski definition) is 3. The molecule has 0 spiro atoms. The molecule has 7 heteroatoms. The first-order valence-electron chi connectivity index (χ1n) is 5.23. The van der Waals surface area contributed by atoms with Crippen LogP contribution in [0.4, 0.5) is 11.4 Å². The van der Waals surface area contributed by atoms with Gasteiger partial charge < -0.3 is 5.73 Å². The minimum absolute atomic E-state index is 0.0778. The van der Waals surface area contributed by atoms with Crippen LogP contribution in [0.1, 0.15) is 18.4 Å². The molecule has 0 atom stereocenters. The third-order valence-electron chi connectivity index (χ3n) is 2.50. The van der Waals surface area contributed by atoms with E-state index in [0.717, 1.165) is 18.4 Å². The summed E-state index contributed by atoms with van der Waals surface area (Å²) in [6.07, 6.45) is 1.80. The van der Waals surface area contributed by atoms with Gasteiger partial charge in [-0.2, -0.15) is 13.1 Å². The van der Waals surface area contributed by atoms with Gasteiger partial charge in [0.2, 0.25) is 0 Å². The molecule has 1 aliphatic rings. The van der Waals surface area contributed by atoms with Gasteiger partial charge in [-0.3, -0.25) is 4.72 Å². The van der Waals surface area contributed by atoms with E-state index >= 15 is 0 Å². The standard InChI is InChI=1S/C10H14BrN3O2S/c1-6-4-8(11)10(5-9(6)12)14-17(15,16)13-7-2-3-7/h4-5,7,13-14H,2-3,12H2,1H3. The number of hydrogen-bond acceptors (Lipinski definition) is 3. The zero-order chi connectivity index (χ0) is 12.6. The van der Waals surface area contributed by atoms with Crippen LogP contribution < -0.4 is 15.2 Å². The summed E-state index contributed by atoms with van der Waals surface area (Å²) in [7, 11) is -3.51. The Morgan fingerprint density at radius 2 is 2.06 bits per heavy atom. The highest BCUT2D eigenvalue weighted by Crippen LogP contribution is 2.29. The zero-order valence-electron chi connectivity index (χ0n) is 9.33. The molecule has 0 radical (unpaired) electrons. The third kappa shape index (κ3) is 3.34. The van der Waals surface area contributed by atoms with Crippen molar-refractivity contribution in [2.45, 2.75) is 25.8 Å². The van der Waals surface area contributed by atoms with Crippen molar-refractivity contribution in [3.8, 4) is 0 Å². The first kappa shape index (κ1) is 12.7. The van der Waals surface area contributed by atoms with Gasteiger partial charge in [0.25, 0.3) is 10.2 Å². The van der Waals surface area contributed by atoms with Crippen LogP contribution in [-0.4, -0.2) is 14.5 Å². The zero-order valence-corrected chi connectivity index (χ0v) is 11.7. The van der Waals surface area contributed by atoms with E-state index in [-0.39, 0.29) is 6.04 Å². The van der Waals surface area contributed by atoms with E-state index in [4.69, 9.17) is 5.73 Å². The van der Waals surface area contributed by atoms with Crippen molar-refractivity contribution in [2.75, 3.05) is 10.5 Å². The largest absolute Gasteiger partial charge is 0.398 e. The average molecular weight is 320 g/mol. The van der Waals surface area contributed by atoms with Crippen molar-refractivity contribution in [3.05, 3.63) is 22.2 Å². The van der Waals surface area contributed by atoms with E-state index in [1.807, 2.05) is 6.92 Å². The lowest BCUT2D eigenvalue weighted by atomic mass is 10.2. The molecule has 1 aliphatic carbocycles. The van der Waals surface area contributed by atoms with Crippen LogP contribution in [-0.2, 0) is 10.2 Å². The molecular formula is C10H14BrN3O2S. The normalized spacial score (nSPS) is 15.9. The highest BCUT2D eigenvalue weighted by Gasteiger charge is 2.27. The molecule has 5 nitrogen and oxygen atoms in total. The fourth-order valence-corrected chi connectivity index (χ4v) is 3.24. The molecule has 2 rings (SSSR count). The minimum Gasteiger partial charge on any atom is -0.398 e. The Morgan fingerprint density at radius 3 is 2.65 bits per heavy atom. The Bertz CT molecular complexity index is 541. The summed E-state index contributed by atoms with van der Waals surface area (Å²) >= 11 is 3.31. The molecule has 0 aliphatic heterocycles. The Hall–Kier alpha value is -0.790. The monoisotopic (exact) mass is 319 g/mol. The van der Waals surface area contributed by atoms with Crippen molar-refractivity contribution in [3.63, 3.8) is 0 Å². The second-order valence-corrected chi connectivity index (χ2v) is 6.49. The van der Waals surface area contributed by atoms with Gasteiger partial charge >= 0.3 is 0 Å². The lowest BCUT2D eigenvalue weighted by Gasteiger charge is -2.12. The molecule has 1 aromatic rings. The maximum atomic E-state index is 11.7. The predicted octanol–water partition coefficient (Wildman–Crippen LogP) is 1.75. The van der Waals surface area contributed by atoms with Gasteiger partial charge in [0.05, 0.1) is 5.69 Å². The first-order chi connectivity index (χ1) is 7.87. The van der Waals surface area contributed by atoms with Crippen LogP contribution in [0.5, 0.6) is 0 Å². The fraction of sp³-hybridized carbons (Fsp3) is 0.400. The van der Waals surface area contributed by atoms with E-state index in [1.165, 1.54) is 0 Å². The number of anilines is 2. The van der Waals surface area contributed by atoms with Crippen LogP contribution in [0.3, 0.4) is 0 Å². The second kappa shape index (κ2) is 4.47. The van der Waals surface area contributed by atoms with Crippen molar-refractivity contribution in [2.24, 2.45) is 0 Å². The third-order valence-corrected chi connectivity index (χ3v) is 4.29. The number of benzene rings is 1. The van der Waals surface area contributed by atoms with Crippen molar-refractivity contribution in [1.29, 1.82) is 0 Å². The molecule has 0 unspecified atom stereocenters. The summed E-state index contributed by atoms with van der Waals surface area (Å²) in [5.74, 6) is 0. The van der Waals surface area contributed by atoms with E-state index < -0.39 is 10.2 Å². The number of nitrogens with one attached hydrogen (secondary N) is 2.